The van der Waals surface area contributed by atoms with E-state index in [2.05, 4.69) is 6.92 Å². The van der Waals surface area contributed by atoms with Crippen LogP contribution in [0.3, 0.4) is 0 Å². The number of amides is 1. The molecule has 0 heterocycles. The summed E-state index contributed by atoms with van der Waals surface area (Å²) in [5.74, 6) is -0.949. The molecular formula is C15H28N2O3. The molecular weight excluding hydrogens is 256 g/mol. The summed E-state index contributed by atoms with van der Waals surface area (Å²) in [6.07, 6.45) is 7.23. The van der Waals surface area contributed by atoms with E-state index in [0.717, 1.165) is 44.9 Å². The number of hydrogen-bond donors (Lipinski definition) is 2. The zero-order valence-electron chi connectivity index (χ0n) is 12.7. The van der Waals surface area contributed by atoms with Crippen LogP contribution in [0.5, 0.6) is 0 Å². The molecule has 0 spiro atoms. The molecule has 1 saturated carbocycles. The molecule has 1 amide bonds. The van der Waals surface area contributed by atoms with Gasteiger partial charge in [0.15, 0.2) is 0 Å². The second-order valence-corrected chi connectivity index (χ2v) is 6.00. The van der Waals surface area contributed by atoms with Crippen molar-refractivity contribution < 1.29 is 14.7 Å². The number of nitrogens with zero attached hydrogens (tertiary/aromatic N) is 1. The quantitative estimate of drug-likeness (QED) is 0.750. The molecule has 20 heavy (non-hydrogen) atoms. The minimum Gasteiger partial charge on any atom is -0.481 e. The van der Waals surface area contributed by atoms with E-state index in [0.29, 0.717) is 6.42 Å². The van der Waals surface area contributed by atoms with Crippen molar-refractivity contribution in [2.24, 2.45) is 5.73 Å². The normalized spacial score (nSPS) is 19.4. The van der Waals surface area contributed by atoms with Gasteiger partial charge in [-0.1, -0.05) is 39.0 Å². The van der Waals surface area contributed by atoms with Gasteiger partial charge >= 0.3 is 5.97 Å². The Hall–Kier alpha value is -1.10. The van der Waals surface area contributed by atoms with Crippen LogP contribution in [0.2, 0.25) is 0 Å². The summed E-state index contributed by atoms with van der Waals surface area (Å²) in [4.78, 5) is 25.3. The van der Waals surface area contributed by atoms with Gasteiger partial charge in [-0.05, 0) is 19.3 Å². The third-order valence-corrected chi connectivity index (χ3v) is 4.49. The topological polar surface area (TPSA) is 83.6 Å². The fraction of sp³-hybridized carbons (Fsp3) is 0.867. The van der Waals surface area contributed by atoms with Gasteiger partial charge in [-0.2, -0.15) is 0 Å². The van der Waals surface area contributed by atoms with Crippen LogP contribution in [0.25, 0.3) is 0 Å². The minimum atomic E-state index is -0.839. The monoisotopic (exact) mass is 284 g/mol. The Morgan fingerprint density at radius 2 is 1.90 bits per heavy atom. The van der Waals surface area contributed by atoms with E-state index in [4.69, 9.17) is 5.73 Å². The lowest BCUT2D eigenvalue weighted by Gasteiger charge is -2.44. The van der Waals surface area contributed by atoms with Crippen LogP contribution in [-0.2, 0) is 9.59 Å². The van der Waals surface area contributed by atoms with E-state index >= 15 is 0 Å². The summed E-state index contributed by atoms with van der Waals surface area (Å²) >= 11 is 0. The van der Waals surface area contributed by atoms with Gasteiger partial charge in [-0.25, -0.2) is 0 Å². The molecule has 0 aliphatic heterocycles. The molecule has 0 aromatic carbocycles. The number of likely N-dealkylation sites (N-methyl/N-ethyl adjacent to an activating group) is 1. The highest BCUT2D eigenvalue weighted by molar-refractivity contribution is 5.83. The molecule has 0 aromatic heterocycles. The summed E-state index contributed by atoms with van der Waals surface area (Å²) < 4.78 is 0. The van der Waals surface area contributed by atoms with Gasteiger partial charge in [0, 0.05) is 7.05 Å². The Morgan fingerprint density at radius 3 is 2.40 bits per heavy atom. The van der Waals surface area contributed by atoms with Gasteiger partial charge in [0.2, 0.25) is 5.91 Å². The number of hydrogen-bond acceptors (Lipinski definition) is 3. The molecule has 3 N–H and O–H groups in total. The average Bonchev–Trinajstić information content (AvgIpc) is 2.43. The van der Waals surface area contributed by atoms with Crippen LogP contribution >= 0.6 is 0 Å². The number of aliphatic carboxylic acids is 1. The van der Waals surface area contributed by atoms with E-state index in [1.165, 1.54) is 0 Å². The highest BCUT2D eigenvalue weighted by Gasteiger charge is 2.41. The van der Waals surface area contributed by atoms with E-state index in [1.807, 2.05) is 0 Å². The smallest absolute Gasteiger partial charge is 0.305 e. The Morgan fingerprint density at radius 1 is 1.30 bits per heavy atom. The number of unbranched alkanes of at least 4 members (excludes halogenated alkanes) is 1. The maximum atomic E-state index is 12.4. The van der Waals surface area contributed by atoms with Crippen molar-refractivity contribution in [3.63, 3.8) is 0 Å². The SMILES string of the molecule is CCCCC(N)C(=O)N(C)C1(CC(=O)O)CCCCC1. The van der Waals surface area contributed by atoms with Crippen LogP contribution in [0.15, 0.2) is 0 Å². The fourth-order valence-electron chi connectivity index (χ4n) is 3.15. The Kier molecular flexibility index (Phi) is 6.46. The van der Waals surface area contributed by atoms with Gasteiger partial charge in [0.1, 0.15) is 0 Å². The van der Waals surface area contributed by atoms with Crippen LogP contribution in [-0.4, -0.2) is 40.5 Å². The number of carboxylic acids is 1. The molecule has 1 aliphatic rings. The molecule has 1 aliphatic carbocycles. The number of carboxylic acid groups (broad SMARTS) is 1. The van der Waals surface area contributed by atoms with E-state index in [1.54, 1.807) is 11.9 Å². The molecule has 116 valence electrons. The van der Waals surface area contributed by atoms with Crippen LogP contribution in [0.1, 0.15) is 64.7 Å². The first-order valence-electron chi connectivity index (χ1n) is 7.68. The second-order valence-electron chi connectivity index (χ2n) is 6.00. The van der Waals surface area contributed by atoms with Crippen LogP contribution in [0, 0.1) is 0 Å². The Balaban J connectivity index is 2.78. The third kappa shape index (κ3) is 4.20. The first-order chi connectivity index (χ1) is 9.43. The highest BCUT2D eigenvalue weighted by Crippen LogP contribution is 2.36. The molecule has 0 saturated heterocycles. The summed E-state index contributed by atoms with van der Waals surface area (Å²) in [6, 6.07) is -0.507. The molecule has 1 rings (SSSR count). The predicted molar refractivity (Wildman–Crippen MR) is 78.3 cm³/mol. The Labute approximate surface area is 121 Å². The van der Waals surface area contributed by atoms with E-state index in [-0.39, 0.29) is 12.3 Å². The Bertz CT molecular complexity index is 338. The van der Waals surface area contributed by atoms with E-state index < -0.39 is 17.6 Å². The van der Waals surface area contributed by atoms with Crippen LogP contribution < -0.4 is 5.73 Å². The standard InChI is InChI=1S/C15H28N2O3/c1-3-4-8-12(16)14(20)17(2)15(11-13(18)19)9-6-5-7-10-15/h12H,3-11,16H2,1-2H3,(H,18,19). The molecule has 5 nitrogen and oxygen atoms in total. The summed E-state index contributed by atoms with van der Waals surface area (Å²) in [6.45, 7) is 2.06. The molecule has 0 bridgehead atoms. The predicted octanol–water partition coefficient (Wildman–Crippen LogP) is 2.14. The first-order valence-corrected chi connectivity index (χ1v) is 7.68. The molecule has 0 radical (unpaired) electrons. The van der Waals surface area contributed by atoms with Crippen molar-refractivity contribution in [3.8, 4) is 0 Å². The maximum absolute atomic E-state index is 12.4. The van der Waals surface area contributed by atoms with Gasteiger partial charge in [-0.15, -0.1) is 0 Å². The van der Waals surface area contributed by atoms with E-state index in [9.17, 15) is 14.7 Å². The first kappa shape index (κ1) is 17.0. The van der Waals surface area contributed by atoms with Gasteiger partial charge in [-0.3, -0.25) is 9.59 Å². The second kappa shape index (κ2) is 7.62. The number of nitrogens with two attached hydrogens (primary N) is 1. The lowest BCUT2D eigenvalue weighted by atomic mass is 9.77. The van der Waals surface area contributed by atoms with Gasteiger partial charge in [0.25, 0.3) is 0 Å². The molecule has 1 atom stereocenters. The number of carbonyl (C=O) groups excluding carboxylic acids is 1. The van der Waals surface area contributed by atoms with Gasteiger partial charge in [0.05, 0.1) is 18.0 Å². The van der Waals surface area contributed by atoms with Crippen molar-refractivity contribution in [1.29, 1.82) is 0 Å². The van der Waals surface area contributed by atoms with Crippen molar-refractivity contribution in [1.82, 2.24) is 4.90 Å². The number of rotatable bonds is 7. The maximum Gasteiger partial charge on any atom is 0.305 e. The number of carbonyl (C=O) groups is 2. The highest BCUT2D eigenvalue weighted by atomic mass is 16.4. The lowest BCUT2D eigenvalue weighted by Crippen LogP contribution is -2.56. The summed E-state index contributed by atoms with van der Waals surface area (Å²) in [7, 11) is 1.72. The van der Waals surface area contributed by atoms with Crippen molar-refractivity contribution >= 4 is 11.9 Å². The van der Waals surface area contributed by atoms with Gasteiger partial charge < -0.3 is 15.7 Å². The largest absolute Gasteiger partial charge is 0.481 e. The summed E-state index contributed by atoms with van der Waals surface area (Å²) in [5, 5.41) is 9.17. The van der Waals surface area contributed by atoms with Crippen molar-refractivity contribution in [2.75, 3.05) is 7.05 Å². The molecule has 5 heteroatoms. The van der Waals surface area contributed by atoms with Crippen molar-refractivity contribution in [2.45, 2.75) is 76.3 Å². The molecule has 0 aromatic rings. The molecule has 1 unspecified atom stereocenters. The zero-order chi connectivity index (χ0) is 15.2. The third-order valence-electron chi connectivity index (χ3n) is 4.49. The fourth-order valence-corrected chi connectivity index (χ4v) is 3.15. The van der Waals surface area contributed by atoms with Crippen molar-refractivity contribution in [3.05, 3.63) is 0 Å². The summed E-state index contributed by atoms with van der Waals surface area (Å²) in [5.41, 5.74) is 5.43. The minimum absolute atomic E-state index is 0.0235. The molecule has 1 fully saturated rings. The average molecular weight is 284 g/mol. The lowest BCUT2D eigenvalue weighted by molar-refractivity contribution is -0.146. The van der Waals surface area contributed by atoms with Crippen LogP contribution in [0.4, 0.5) is 0 Å². The zero-order valence-corrected chi connectivity index (χ0v) is 12.7.